The SMILES string of the molecule is CN(C)C(=O)c1nn(CCC(F)(F)F)c2c1CN(C(=O)C1(c3ccc(Cl)cc3)CCC1)CC2. The van der Waals surface area contributed by atoms with Crippen LogP contribution in [0.4, 0.5) is 13.2 Å². The number of carbonyl (C=O) groups excluding carboxylic acids is 2. The number of hydrogen-bond donors (Lipinski definition) is 0. The molecule has 1 saturated carbocycles. The van der Waals surface area contributed by atoms with E-state index in [4.69, 9.17) is 11.6 Å². The van der Waals surface area contributed by atoms with Crippen LogP contribution in [0.15, 0.2) is 24.3 Å². The fourth-order valence-corrected chi connectivity index (χ4v) is 4.82. The minimum Gasteiger partial charge on any atom is -0.343 e. The third-order valence-electron chi connectivity index (χ3n) is 6.65. The first-order chi connectivity index (χ1) is 15.5. The maximum atomic E-state index is 13.7. The minimum absolute atomic E-state index is 0.0204. The topological polar surface area (TPSA) is 58.4 Å². The summed E-state index contributed by atoms with van der Waals surface area (Å²) in [4.78, 5) is 29.5. The van der Waals surface area contributed by atoms with E-state index in [0.717, 1.165) is 24.8 Å². The van der Waals surface area contributed by atoms with Gasteiger partial charge in [0.1, 0.15) is 0 Å². The van der Waals surface area contributed by atoms with Crippen LogP contribution in [0.5, 0.6) is 0 Å². The third kappa shape index (κ3) is 4.47. The van der Waals surface area contributed by atoms with E-state index >= 15 is 0 Å². The summed E-state index contributed by atoms with van der Waals surface area (Å²) in [7, 11) is 3.14. The highest BCUT2D eigenvalue weighted by Gasteiger charge is 2.48. The van der Waals surface area contributed by atoms with Crippen molar-refractivity contribution in [1.29, 1.82) is 0 Å². The van der Waals surface area contributed by atoms with Gasteiger partial charge in [-0.3, -0.25) is 14.3 Å². The highest BCUT2D eigenvalue weighted by atomic mass is 35.5. The van der Waals surface area contributed by atoms with Gasteiger partial charge in [-0.2, -0.15) is 18.3 Å². The third-order valence-corrected chi connectivity index (χ3v) is 6.90. The molecule has 1 aromatic heterocycles. The summed E-state index contributed by atoms with van der Waals surface area (Å²) in [6.45, 7) is 0.175. The lowest BCUT2D eigenvalue weighted by Gasteiger charge is -2.45. The average Bonchev–Trinajstić information content (AvgIpc) is 3.09. The van der Waals surface area contributed by atoms with E-state index < -0.39 is 18.0 Å². The molecule has 0 atom stereocenters. The van der Waals surface area contributed by atoms with Gasteiger partial charge in [-0.15, -0.1) is 0 Å². The number of alkyl halides is 3. The van der Waals surface area contributed by atoms with E-state index in [1.165, 1.54) is 9.58 Å². The monoisotopic (exact) mass is 482 g/mol. The van der Waals surface area contributed by atoms with Crippen LogP contribution in [0.3, 0.4) is 0 Å². The molecule has 6 nitrogen and oxygen atoms in total. The molecule has 2 aliphatic rings. The van der Waals surface area contributed by atoms with E-state index in [0.29, 0.717) is 29.2 Å². The summed E-state index contributed by atoms with van der Waals surface area (Å²) in [5.74, 6) is -0.407. The van der Waals surface area contributed by atoms with E-state index in [2.05, 4.69) is 5.10 Å². The number of aromatic nitrogens is 2. The van der Waals surface area contributed by atoms with Gasteiger partial charge in [-0.1, -0.05) is 30.2 Å². The number of aryl methyl sites for hydroxylation is 1. The van der Waals surface area contributed by atoms with Gasteiger partial charge in [0, 0.05) is 56.4 Å². The molecule has 2 amide bonds. The lowest BCUT2D eigenvalue weighted by Crippen LogP contribution is -2.52. The maximum absolute atomic E-state index is 13.7. The molecule has 0 spiro atoms. The van der Waals surface area contributed by atoms with Crippen LogP contribution in [-0.2, 0) is 29.7 Å². The molecule has 1 aliphatic heterocycles. The molecule has 2 heterocycles. The van der Waals surface area contributed by atoms with Gasteiger partial charge in [0.2, 0.25) is 5.91 Å². The van der Waals surface area contributed by atoms with Crippen LogP contribution < -0.4 is 0 Å². The first kappa shape index (κ1) is 23.6. The molecule has 178 valence electrons. The largest absolute Gasteiger partial charge is 0.390 e. The smallest absolute Gasteiger partial charge is 0.343 e. The highest BCUT2D eigenvalue weighted by Crippen LogP contribution is 2.46. The van der Waals surface area contributed by atoms with Crippen molar-refractivity contribution in [3.8, 4) is 0 Å². The summed E-state index contributed by atoms with van der Waals surface area (Å²) < 4.78 is 39.8. The first-order valence-corrected chi connectivity index (χ1v) is 11.3. The summed E-state index contributed by atoms with van der Waals surface area (Å²) in [5, 5.41) is 4.85. The molecule has 0 radical (unpaired) electrons. The molecule has 0 unspecified atom stereocenters. The molecule has 4 rings (SSSR count). The van der Waals surface area contributed by atoms with Gasteiger partial charge in [0.25, 0.3) is 5.91 Å². The Kier molecular flexibility index (Phi) is 6.20. The van der Waals surface area contributed by atoms with Crippen LogP contribution in [0, 0.1) is 0 Å². The predicted octanol–water partition coefficient (Wildman–Crippen LogP) is 4.20. The van der Waals surface area contributed by atoms with Crippen molar-refractivity contribution in [3.05, 3.63) is 51.8 Å². The quantitative estimate of drug-likeness (QED) is 0.642. The highest BCUT2D eigenvalue weighted by molar-refractivity contribution is 6.30. The molecule has 0 bridgehead atoms. The Morgan fingerprint density at radius 3 is 2.39 bits per heavy atom. The normalized spacial score (nSPS) is 17.3. The molecule has 0 saturated heterocycles. The number of benzene rings is 1. The van der Waals surface area contributed by atoms with Crippen LogP contribution in [0.2, 0.25) is 5.02 Å². The van der Waals surface area contributed by atoms with Crippen molar-refractivity contribution < 1.29 is 22.8 Å². The Bertz CT molecular complexity index is 1060. The van der Waals surface area contributed by atoms with Crippen molar-refractivity contribution in [2.24, 2.45) is 0 Å². The summed E-state index contributed by atoms with van der Waals surface area (Å²) >= 11 is 6.03. The number of halogens is 4. The zero-order valence-electron chi connectivity index (χ0n) is 18.6. The van der Waals surface area contributed by atoms with Crippen molar-refractivity contribution in [2.75, 3.05) is 20.6 Å². The van der Waals surface area contributed by atoms with E-state index in [1.54, 1.807) is 31.1 Å². The van der Waals surface area contributed by atoms with Gasteiger partial charge < -0.3 is 9.80 Å². The van der Waals surface area contributed by atoms with Crippen molar-refractivity contribution in [3.63, 3.8) is 0 Å². The van der Waals surface area contributed by atoms with Gasteiger partial charge in [0.15, 0.2) is 5.69 Å². The number of hydrogen-bond acceptors (Lipinski definition) is 3. The Labute approximate surface area is 195 Å². The lowest BCUT2D eigenvalue weighted by molar-refractivity contribution is -0.142. The number of carbonyl (C=O) groups is 2. The Morgan fingerprint density at radius 1 is 1.18 bits per heavy atom. The molecule has 1 fully saturated rings. The summed E-state index contributed by atoms with van der Waals surface area (Å²) in [6.07, 6.45) is -2.61. The zero-order chi connectivity index (χ0) is 24.0. The second kappa shape index (κ2) is 8.66. The standard InChI is InChI=1S/C23H26ClF3N4O2/c1-29(2)20(32)19-17-14-30(12-8-18(17)31(28-19)13-11-23(25,26)27)21(33)22(9-3-10-22)15-4-6-16(24)7-5-15/h4-7H,3,8-14H2,1-2H3. The first-order valence-electron chi connectivity index (χ1n) is 10.9. The Balaban J connectivity index is 1.64. The van der Waals surface area contributed by atoms with Gasteiger partial charge in [0.05, 0.1) is 11.8 Å². The molecule has 2 aromatic rings. The molecular formula is C23H26ClF3N4O2. The molecule has 1 aliphatic carbocycles. The number of fused-ring (bicyclic) bond motifs is 1. The van der Waals surface area contributed by atoms with Crippen molar-refractivity contribution in [2.45, 2.75) is 56.8 Å². The second-order valence-electron chi connectivity index (χ2n) is 8.98. The fourth-order valence-electron chi connectivity index (χ4n) is 4.69. The van der Waals surface area contributed by atoms with E-state index in [-0.39, 0.29) is 30.6 Å². The Morgan fingerprint density at radius 2 is 1.85 bits per heavy atom. The molecular weight excluding hydrogens is 457 g/mol. The molecule has 0 N–H and O–H groups in total. The van der Waals surface area contributed by atoms with Gasteiger partial charge in [-0.25, -0.2) is 0 Å². The summed E-state index contributed by atoms with van der Waals surface area (Å²) in [6, 6.07) is 7.31. The zero-order valence-corrected chi connectivity index (χ0v) is 19.3. The van der Waals surface area contributed by atoms with Crippen LogP contribution >= 0.6 is 11.6 Å². The van der Waals surface area contributed by atoms with Crippen LogP contribution in [0.1, 0.15) is 53.0 Å². The molecule has 10 heteroatoms. The lowest BCUT2D eigenvalue weighted by atomic mass is 9.63. The van der Waals surface area contributed by atoms with Crippen LogP contribution in [0.25, 0.3) is 0 Å². The number of amides is 2. The second-order valence-corrected chi connectivity index (χ2v) is 9.42. The molecule has 1 aromatic carbocycles. The van der Waals surface area contributed by atoms with E-state index in [1.807, 2.05) is 12.1 Å². The van der Waals surface area contributed by atoms with Crippen molar-refractivity contribution >= 4 is 23.4 Å². The predicted molar refractivity (Wildman–Crippen MR) is 117 cm³/mol. The summed E-state index contributed by atoms with van der Waals surface area (Å²) in [5.41, 5.74) is 1.55. The Hall–Kier alpha value is -2.55. The van der Waals surface area contributed by atoms with Gasteiger partial charge >= 0.3 is 6.18 Å². The maximum Gasteiger partial charge on any atom is 0.390 e. The number of nitrogens with zero attached hydrogens (tertiary/aromatic N) is 4. The average molecular weight is 483 g/mol. The van der Waals surface area contributed by atoms with Crippen molar-refractivity contribution in [1.82, 2.24) is 19.6 Å². The van der Waals surface area contributed by atoms with Gasteiger partial charge in [-0.05, 0) is 30.5 Å². The fraction of sp³-hybridized carbons (Fsp3) is 0.522. The van der Waals surface area contributed by atoms with Crippen LogP contribution in [-0.4, -0.2) is 58.2 Å². The minimum atomic E-state index is -4.32. The number of rotatable bonds is 5. The molecule has 33 heavy (non-hydrogen) atoms. The van der Waals surface area contributed by atoms with E-state index in [9.17, 15) is 22.8 Å².